The van der Waals surface area contributed by atoms with E-state index < -0.39 is 67.3 Å². The standard InChI is InChI=1S/C71H120O12/c1-4-7-10-13-16-19-22-25-28-30-32-34-37-39-42-45-48-51-54-57-63(72)79-60-62(81-64(73)58-55-52-49-46-43-41-38-35-33-31-29-26-23-20-17-14-11-8-5-2)61-80-71-69(67(76)66(75)68(83-71)70(77)78)82-65(74)59-56-53-50-47-44-40-36-27-24-21-18-15-12-9-6-3/h16-21,25-29,32,34,36,62,66-69,71,75-76H,4-15,22-24,30-31,33,35,37-61H2,1-3H3,(H,77,78)/b19-16-,20-17-,21-18-,28-25-,29-26-,34-32-,36-27-. The van der Waals surface area contributed by atoms with E-state index in [-0.39, 0.29) is 25.9 Å². The highest BCUT2D eigenvalue weighted by molar-refractivity contribution is 5.74. The van der Waals surface area contributed by atoms with Crippen LogP contribution in [0.1, 0.15) is 290 Å². The molecule has 1 aliphatic rings. The van der Waals surface area contributed by atoms with Crippen molar-refractivity contribution in [2.45, 2.75) is 327 Å². The molecule has 0 aromatic heterocycles. The Morgan fingerprint density at radius 2 is 0.723 bits per heavy atom. The molecule has 12 nitrogen and oxygen atoms in total. The fraction of sp³-hybridized carbons (Fsp3) is 0.746. The fourth-order valence-corrected chi connectivity index (χ4v) is 9.73. The third-order valence-electron chi connectivity index (χ3n) is 14.9. The van der Waals surface area contributed by atoms with E-state index in [0.717, 1.165) is 135 Å². The van der Waals surface area contributed by atoms with Gasteiger partial charge in [-0.2, -0.15) is 0 Å². The number of allylic oxidation sites excluding steroid dienone is 14. The van der Waals surface area contributed by atoms with Crippen molar-refractivity contribution in [2.24, 2.45) is 0 Å². The zero-order valence-corrected chi connectivity index (χ0v) is 52.7. The molecule has 0 spiro atoms. The van der Waals surface area contributed by atoms with Crippen LogP contribution in [0.25, 0.3) is 0 Å². The molecule has 6 atom stereocenters. The summed E-state index contributed by atoms with van der Waals surface area (Å²) in [4.78, 5) is 51.4. The molecule has 6 unspecified atom stereocenters. The maximum Gasteiger partial charge on any atom is 0.335 e. The zero-order chi connectivity index (χ0) is 60.3. The first-order valence-corrected chi connectivity index (χ1v) is 33.6. The number of unbranched alkanes of at least 4 members (excludes halogenated alkanes) is 29. The minimum atomic E-state index is -1.91. The van der Waals surface area contributed by atoms with Crippen LogP contribution in [-0.4, -0.2) is 89.2 Å². The van der Waals surface area contributed by atoms with Crippen molar-refractivity contribution in [3.8, 4) is 0 Å². The van der Waals surface area contributed by atoms with Crippen molar-refractivity contribution in [3.63, 3.8) is 0 Å². The van der Waals surface area contributed by atoms with Crippen molar-refractivity contribution in [1.29, 1.82) is 0 Å². The molecule has 0 aromatic rings. The number of aliphatic hydroxyl groups excluding tert-OH is 2. The number of aliphatic carboxylic acids is 1. The molecule has 12 heteroatoms. The summed E-state index contributed by atoms with van der Waals surface area (Å²) < 4.78 is 28.5. The second-order valence-electron chi connectivity index (χ2n) is 22.7. The number of aliphatic hydroxyl groups is 2. The predicted octanol–water partition coefficient (Wildman–Crippen LogP) is 18.2. The Morgan fingerprint density at radius 3 is 1.10 bits per heavy atom. The first-order chi connectivity index (χ1) is 40.6. The first kappa shape index (κ1) is 76.9. The van der Waals surface area contributed by atoms with Gasteiger partial charge in [0.15, 0.2) is 24.6 Å². The molecule has 0 aromatic carbocycles. The minimum Gasteiger partial charge on any atom is -0.479 e. The lowest BCUT2D eigenvalue weighted by atomic mass is 9.98. The maximum atomic E-state index is 13.2. The number of ether oxygens (including phenoxy) is 5. The van der Waals surface area contributed by atoms with Crippen LogP contribution in [0.2, 0.25) is 0 Å². The van der Waals surface area contributed by atoms with Gasteiger partial charge in [0.1, 0.15) is 18.8 Å². The number of carboxylic acid groups (broad SMARTS) is 1. The van der Waals surface area contributed by atoms with Gasteiger partial charge in [-0.3, -0.25) is 14.4 Å². The summed E-state index contributed by atoms with van der Waals surface area (Å²) >= 11 is 0. The maximum absolute atomic E-state index is 13.2. The largest absolute Gasteiger partial charge is 0.479 e. The molecule has 0 radical (unpaired) electrons. The zero-order valence-electron chi connectivity index (χ0n) is 52.7. The third-order valence-corrected chi connectivity index (χ3v) is 14.9. The number of carbonyl (C=O) groups excluding carboxylic acids is 3. The summed E-state index contributed by atoms with van der Waals surface area (Å²) in [5.41, 5.74) is 0. The molecule has 476 valence electrons. The van der Waals surface area contributed by atoms with E-state index in [9.17, 15) is 34.5 Å². The van der Waals surface area contributed by atoms with Crippen LogP contribution in [0, 0.1) is 0 Å². The quantitative estimate of drug-likeness (QED) is 0.0228. The van der Waals surface area contributed by atoms with Crippen LogP contribution in [-0.2, 0) is 42.9 Å². The molecule has 1 aliphatic heterocycles. The van der Waals surface area contributed by atoms with Crippen molar-refractivity contribution < 1.29 is 58.2 Å². The van der Waals surface area contributed by atoms with Gasteiger partial charge >= 0.3 is 23.9 Å². The fourth-order valence-electron chi connectivity index (χ4n) is 9.73. The van der Waals surface area contributed by atoms with Gasteiger partial charge in [0.2, 0.25) is 0 Å². The van der Waals surface area contributed by atoms with Crippen LogP contribution in [0.4, 0.5) is 0 Å². The van der Waals surface area contributed by atoms with Gasteiger partial charge in [0.05, 0.1) is 6.61 Å². The predicted molar refractivity (Wildman–Crippen MR) is 340 cm³/mol. The van der Waals surface area contributed by atoms with Crippen molar-refractivity contribution in [1.82, 2.24) is 0 Å². The lowest BCUT2D eigenvalue weighted by molar-refractivity contribution is -0.301. The van der Waals surface area contributed by atoms with Gasteiger partial charge in [-0.15, -0.1) is 0 Å². The van der Waals surface area contributed by atoms with Gasteiger partial charge < -0.3 is 39.0 Å². The number of esters is 3. The molecule has 0 aliphatic carbocycles. The van der Waals surface area contributed by atoms with Gasteiger partial charge in [0, 0.05) is 19.3 Å². The summed E-state index contributed by atoms with van der Waals surface area (Å²) in [6, 6.07) is 0. The number of rotatable bonds is 57. The number of hydrogen-bond donors (Lipinski definition) is 3. The van der Waals surface area contributed by atoms with Crippen LogP contribution in [0.5, 0.6) is 0 Å². The summed E-state index contributed by atoms with van der Waals surface area (Å²) in [7, 11) is 0. The molecule has 1 saturated heterocycles. The molecule has 0 amide bonds. The highest BCUT2D eigenvalue weighted by Crippen LogP contribution is 2.27. The highest BCUT2D eigenvalue weighted by atomic mass is 16.7. The van der Waals surface area contributed by atoms with E-state index in [4.69, 9.17) is 23.7 Å². The summed E-state index contributed by atoms with van der Waals surface area (Å²) in [5.74, 6) is -3.15. The second kappa shape index (κ2) is 58.3. The Labute approximate surface area is 505 Å². The Bertz CT molecular complexity index is 1760. The van der Waals surface area contributed by atoms with Crippen molar-refractivity contribution >= 4 is 23.9 Å². The molecular weight excluding hydrogens is 1040 g/mol. The Kier molecular flexibility index (Phi) is 54.0. The molecule has 1 heterocycles. The molecule has 83 heavy (non-hydrogen) atoms. The average Bonchev–Trinajstić information content (AvgIpc) is 3.58. The normalized spacial score (nSPS) is 18.1. The highest BCUT2D eigenvalue weighted by Gasteiger charge is 2.50. The second-order valence-corrected chi connectivity index (χ2v) is 22.7. The first-order valence-electron chi connectivity index (χ1n) is 33.6. The van der Waals surface area contributed by atoms with E-state index in [2.05, 4.69) is 106 Å². The summed E-state index contributed by atoms with van der Waals surface area (Å²) in [6.07, 6.45) is 63.8. The van der Waals surface area contributed by atoms with E-state index in [1.165, 1.54) is 96.3 Å². The smallest absolute Gasteiger partial charge is 0.335 e. The molecule has 3 N–H and O–H groups in total. The van der Waals surface area contributed by atoms with E-state index in [0.29, 0.717) is 19.3 Å². The van der Waals surface area contributed by atoms with Crippen LogP contribution >= 0.6 is 0 Å². The molecule has 1 rings (SSSR count). The van der Waals surface area contributed by atoms with Gasteiger partial charge in [-0.1, -0.05) is 234 Å². The Balaban J connectivity index is 2.67. The average molecular weight is 1170 g/mol. The molecular formula is C71H120O12. The summed E-state index contributed by atoms with van der Waals surface area (Å²) in [5, 5.41) is 31.6. The van der Waals surface area contributed by atoms with Crippen LogP contribution in [0.3, 0.4) is 0 Å². The Morgan fingerprint density at radius 1 is 0.398 bits per heavy atom. The monoisotopic (exact) mass is 1160 g/mol. The Hall–Kier alpha value is -4.10. The SMILES string of the molecule is CCCCC/C=C\C/C=C\C/C=C\CCCCCCCCC(=O)OCC(COC1OC(C(=O)O)C(O)C(O)C1OC(=O)CCCCCCC/C=C\C/C=C\CCCCC)OC(=O)CCCCCCCCCCC/C=C\C/C=C\CCCCC. The van der Waals surface area contributed by atoms with Crippen molar-refractivity contribution in [2.75, 3.05) is 13.2 Å². The lowest BCUT2D eigenvalue weighted by Crippen LogP contribution is -2.61. The molecule has 0 saturated carbocycles. The minimum absolute atomic E-state index is 0.0405. The van der Waals surface area contributed by atoms with Crippen molar-refractivity contribution in [3.05, 3.63) is 85.1 Å². The molecule has 1 fully saturated rings. The lowest BCUT2D eigenvalue weighted by Gasteiger charge is -2.40. The summed E-state index contributed by atoms with van der Waals surface area (Å²) in [6.45, 7) is 5.92. The van der Waals surface area contributed by atoms with Gasteiger partial charge in [0.25, 0.3) is 0 Å². The van der Waals surface area contributed by atoms with Crippen LogP contribution in [0.15, 0.2) is 85.1 Å². The van der Waals surface area contributed by atoms with Crippen LogP contribution < -0.4 is 0 Å². The topological polar surface area (TPSA) is 175 Å². The van der Waals surface area contributed by atoms with E-state index in [1.807, 2.05) is 0 Å². The molecule has 0 bridgehead atoms. The van der Waals surface area contributed by atoms with Gasteiger partial charge in [-0.05, 0) is 122 Å². The third kappa shape index (κ3) is 47.8. The number of carboxylic acids is 1. The number of carbonyl (C=O) groups is 4. The van der Waals surface area contributed by atoms with Gasteiger partial charge in [-0.25, -0.2) is 4.79 Å². The van der Waals surface area contributed by atoms with E-state index >= 15 is 0 Å². The number of hydrogen-bond acceptors (Lipinski definition) is 11. The van der Waals surface area contributed by atoms with E-state index in [1.54, 1.807) is 0 Å².